The molecule has 0 aliphatic carbocycles. The number of ether oxygens (including phenoxy) is 1. The number of hydrogen-bond acceptors (Lipinski definition) is 3. The molecule has 0 radical (unpaired) electrons. The number of likely N-dealkylation sites (N-methyl/N-ethyl adjacent to an activating group) is 1. The summed E-state index contributed by atoms with van der Waals surface area (Å²) >= 11 is 0. The second kappa shape index (κ2) is 7.29. The zero-order chi connectivity index (χ0) is 15.3. The zero-order valence-electron chi connectivity index (χ0n) is 13.0. The Bertz CT molecular complexity index is 457. The quantitative estimate of drug-likeness (QED) is 0.833. The van der Waals surface area contributed by atoms with E-state index in [1.165, 1.54) is 11.1 Å². The summed E-state index contributed by atoms with van der Waals surface area (Å²) in [5.74, 6) is 0.527. The number of aliphatic carboxylic acids is 1. The predicted molar refractivity (Wildman–Crippen MR) is 80.5 cm³/mol. The molecule has 1 aromatic rings. The Morgan fingerprint density at radius 3 is 2.50 bits per heavy atom. The lowest BCUT2D eigenvalue weighted by atomic mass is 9.98. The third-order valence-electron chi connectivity index (χ3n) is 3.59. The van der Waals surface area contributed by atoms with Gasteiger partial charge in [-0.15, -0.1) is 0 Å². The molecule has 0 bridgehead atoms. The molecule has 4 heteroatoms. The highest BCUT2D eigenvalue weighted by Gasteiger charge is 2.16. The maximum absolute atomic E-state index is 10.8. The molecule has 0 aliphatic heterocycles. The number of carboxylic acid groups (broad SMARTS) is 1. The lowest BCUT2D eigenvalue weighted by Crippen LogP contribution is -2.38. The van der Waals surface area contributed by atoms with Crippen molar-refractivity contribution in [2.45, 2.75) is 39.7 Å². The van der Waals surface area contributed by atoms with Crippen LogP contribution in [0, 0.1) is 6.92 Å². The molecule has 1 atom stereocenters. The number of carbonyl (C=O) groups is 1. The molecule has 1 aromatic carbocycles. The Balaban J connectivity index is 2.51. The molecule has 0 amide bonds. The molecule has 0 heterocycles. The van der Waals surface area contributed by atoms with Gasteiger partial charge in [0.25, 0.3) is 0 Å². The minimum absolute atomic E-state index is 0.481. The highest BCUT2D eigenvalue weighted by molar-refractivity contribution is 5.72. The Labute approximate surface area is 121 Å². The van der Waals surface area contributed by atoms with Crippen molar-refractivity contribution in [3.8, 4) is 5.75 Å². The van der Waals surface area contributed by atoms with E-state index in [1.807, 2.05) is 12.1 Å². The second-order valence-electron chi connectivity index (χ2n) is 5.52. The summed E-state index contributed by atoms with van der Waals surface area (Å²) in [6, 6.07) is 5.61. The molecule has 0 aromatic heterocycles. The molecule has 0 saturated carbocycles. The summed E-state index contributed by atoms with van der Waals surface area (Å²) in [5.41, 5.74) is 2.55. The van der Waals surface area contributed by atoms with Crippen LogP contribution in [0.5, 0.6) is 5.75 Å². The van der Waals surface area contributed by atoms with E-state index in [2.05, 4.69) is 26.8 Å². The van der Waals surface area contributed by atoms with Crippen molar-refractivity contribution in [2.24, 2.45) is 0 Å². The molecule has 1 unspecified atom stereocenters. The van der Waals surface area contributed by atoms with E-state index in [-0.39, 0.29) is 0 Å². The van der Waals surface area contributed by atoms with Gasteiger partial charge in [-0.05, 0) is 50.1 Å². The maximum Gasteiger partial charge on any atom is 0.320 e. The van der Waals surface area contributed by atoms with Crippen LogP contribution in [0.2, 0.25) is 0 Å². The van der Waals surface area contributed by atoms with Crippen molar-refractivity contribution >= 4 is 5.97 Å². The Kier molecular flexibility index (Phi) is 6.02. The van der Waals surface area contributed by atoms with Gasteiger partial charge in [-0.3, -0.25) is 9.69 Å². The van der Waals surface area contributed by atoms with E-state index in [0.717, 1.165) is 5.75 Å². The molecule has 0 spiro atoms. The van der Waals surface area contributed by atoms with Gasteiger partial charge in [-0.1, -0.05) is 19.9 Å². The number of benzene rings is 1. The van der Waals surface area contributed by atoms with E-state index < -0.39 is 12.0 Å². The number of aryl methyl sites for hydroxylation is 1. The number of hydrogen-bond donors (Lipinski definition) is 1. The second-order valence-corrected chi connectivity index (χ2v) is 5.52. The average molecular weight is 279 g/mol. The number of rotatable bonds is 7. The largest absolute Gasteiger partial charge is 0.492 e. The van der Waals surface area contributed by atoms with E-state index in [0.29, 0.717) is 19.1 Å². The first kappa shape index (κ1) is 16.5. The highest BCUT2D eigenvalue weighted by atomic mass is 16.5. The van der Waals surface area contributed by atoms with Crippen molar-refractivity contribution in [3.05, 3.63) is 29.3 Å². The predicted octanol–water partition coefficient (Wildman–Crippen LogP) is 2.90. The van der Waals surface area contributed by atoms with E-state index in [1.54, 1.807) is 18.9 Å². The fraction of sp³-hybridized carbons (Fsp3) is 0.562. The van der Waals surface area contributed by atoms with Gasteiger partial charge < -0.3 is 9.84 Å². The van der Waals surface area contributed by atoms with E-state index in [4.69, 9.17) is 9.84 Å². The molecule has 0 aliphatic rings. The van der Waals surface area contributed by atoms with Crippen LogP contribution in [0.4, 0.5) is 0 Å². The van der Waals surface area contributed by atoms with Crippen LogP contribution in [0.1, 0.15) is 37.8 Å². The van der Waals surface area contributed by atoms with Crippen molar-refractivity contribution in [1.29, 1.82) is 0 Å². The van der Waals surface area contributed by atoms with Gasteiger partial charge in [0.15, 0.2) is 0 Å². The van der Waals surface area contributed by atoms with Crippen molar-refractivity contribution < 1.29 is 14.6 Å². The topological polar surface area (TPSA) is 49.8 Å². The maximum atomic E-state index is 10.8. The lowest BCUT2D eigenvalue weighted by Gasteiger charge is -2.21. The van der Waals surface area contributed by atoms with E-state index in [9.17, 15) is 4.79 Å². The first-order valence-corrected chi connectivity index (χ1v) is 6.99. The highest BCUT2D eigenvalue weighted by Crippen LogP contribution is 2.23. The van der Waals surface area contributed by atoms with Gasteiger partial charge in [0.1, 0.15) is 18.4 Å². The van der Waals surface area contributed by atoms with Crippen LogP contribution in [0.3, 0.4) is 0 Å². The van der Waals surface area contributed by atoms with Gasteiger partial charge in [-0.2, -0.15) is 0 Å². The van der Waals surface area contributed by atoms with Crippen LogP contribution in [0.25, 0.3) is 0 Å². The van der Waals surface area contributed by atoms with Crippen molar-refractivity contribution in [2.75, 3.05) is 20.2 Å². The summed E-state index contributed by atoms with van der Waals surface area (Å²) in [6.07, 6.45) is 0. The van der Waals surface area contributed by atoms with Gasteiger partial charge >= 0.3 is 5.97 Å². The Morgan fingerprint density at radius 1 is 1.35 bits per heavy atom. The molecule has 4 nitrogen and oxygen atoms in total. The summed E-state index contributed by atoms with van der Waals surface area (Å²) in [5, 5.41) is 8.91. The fourth-order valence-corrected chi connectivity index (χ4v) is 2.08. The van der Waals surface area contributed by atoms with Crippen LogP contribution in [-0.2, 0) is 4.79 Å². The minimum Gasteiger partial charge on any atom is -0.492 e. The SMILES string of the molecule is Cc1cc(OCCN(C)C(C)C(=O)O)ccc1C(C)C. The molecule has 1 rings (SSSR count). The summed E-state index contributed by atoms with van der Waals surface area (Å²) < 4.78 is 5.69. The first-order chi connectivity index (χ1) is 9.32. The molecular weight excluding hydrogens is 254 g/mol. The zero-order valence-corrected chi connectivity index (χ0v) is 13.0. The van der Waals surface area contributed by atoms with Gasteiger partial charge in [0, 0.05) is 6.54 Å². The van der Waals surface area contributed by atoms with Gasteiger partial charge in [0.2, 0.25) is 0 Å². The summed E-state index contributed by atoms with van der Waals surface area (Å²) in [4.78, 5) is 12.6. The smallest absolute Gasteiger partial charge is 0.320 e. The van der Waals surface area contributed by atoms with Crippen molar-refractivity contribution in [1.82, 2.24) is 4.90 Å². The fourth-order valence-electron chi connectivity index (χ4n) is 2.08. The van der Waals surface area contributed by atoms with Crippen LogP contribution >= 0.6 is 0 Å². The molecule has 1 N–H and O–H groups in total. The van der Waals surface area contributed by atoms with Crippen molar-refractivity contribution in [3.63, 3.8) is 0 Å². The van der Waals surface area contributed by atoms with E-state index >= 15 is 0 Å². The molecular formula is C16H25NO3. The molecule has 0 saturated heterocycles. The summed E-state index contributed by atoms with van der Waals surface area (Å²) in [6.45, 7) is 9.16. The van der Waals surface area contributed by atoms with Gasteiger partial charge in [0.05, 0.1) is 0 Å². The number of carboxylic acids is 1. The normalized spacial score (nSPS) is 12.8. The molecule has 112 valence electrons. The van der Waals surface area contributed by atoms with Crippen LogP contribution in [0.15, 0.2) is 18.2 Å². The third kappa shape index (κ3) is 4.53. The van der Waals surface area contributed by atoms with Gasteiger partial charge in [-0.25, -0.2) is 0 Å². The average Bonchev–Trinajstić information content (AvgIpc) is 2.37. The Hall–Kier alpha value is -1.55. The minimum atomic E-state index is -0.815. The molecule has 20 heavy (non-hydrogen) atoms. The standard InChI is InChI=1S/C16H25NO3/c1-11(2)15-7-6-14(10-12(15)3)20-9-8-17(5)13(4)16(18)19/h6-7,10-11,13H,8-9H2,1-5H3,(H,18,19). The van der Waals surface area contributed by atoms with Crippen LogP contribution in [-0.4, -0.2) is 42.2 Å². The first-order valence-electron chi connectivity index (χ1n) is 6.99. The third-order valence-corrected chi connectivity index (χ3v) is 3.59. The Morgan fingerprint density at radius 2 is 2.00 bits per heavy atom. The monoisotopic (exact) mass is 279 g/mol. The van der Waals surface area contributed by atoms with Crippen LogP contribution < -0.4 is 4.74 Å². The molecule has 0 fully saturated rings. The lowest BCUT2D eigenvalue weighted by molar-refractivity contribution is -0.142. The summed E-state index contributed by atoms with van der Waals surface area (Å²) in [7, 11) is 1.79. The number of nitrogens with zero attached hydrogens (tertiary/aromatic N) is 1.